The van der Waals surface area contributed by atoms with Crippen LogP contribution in [0, 0.1) is 0 Å². The average Bonchev–Trinajstić information content (AvgIpc) is 3.08. The van der Waals surface area contributed by atoms with Crippen molar-refractivity contribution in [2.75, 3.05) is 46.2 Å². The molecule has 0 aliphatic carbocycles. The maximum atomic E-state index is 5.38. The van der Waals surface area contributed by atoms with Crippen LogP contribution in [-0.2, 0) is 4.74 Å². The standard InChI is InChI=1S/C16H22N4O3S/c1-12(13-2-3-14-15(10-13)23-11-22-14)18-19-16(24)17-4-5-20-6-8-21-9-7-20/h2-3,10H,4-9,11H2,1H3,(H2,17,19,24)/b18-12-. The van der Waals surface area contributed by atoms with E-state index in [-0.39, 0.29) is 6.79 Å². The molecule has 1 aromatic rings. The van der Waals surface area contributed by atoms with Crippen molar-refractivity contribution in [1.29, 1.82) is 0 Å². The molecular formula is C16H22N4O3S. The molecule has 0 bridgehead atoms. The van der Waals surface area contributed by atoms with Crippen LogP contribution < -0.4 is 20.2 Å². The zero-order chi connectivity index (χ0) is 16.8. The molecule has 8 heteroatoms. The normalized spacial score (nSPS) is 17.6. The smallest absolute Gasteiger partial charge is 0.231 e. The molecule has 0 radical (unpaired) electrons. The Balaban J connectivity index is 1.43. The summed E-state index contributed by atoms with van der Waals surface area (Å²) in [7, 11) is 0. The molecule has 24 heavy (non-hydrogen) atoms. The molecule has 7 nitrogen and oxygen atoms in total. The van der Waals surface area contributed by atoms with E-state index >= 15 is 0 Å². The summed E-state index contributed by atoms with van der Waals surface area (Å²) in [5.41, 5.74) is 4.67. The van der Waals surface area contributed by atoms with Crippen molar-refractivity contribution in [3.05, 3.63) is 23.8 Å². The van der Waals surface area contributed by atoms with Crippen molar-refractivity contribution >= 4 is 23.0 Å². The second kappa shape index (κ2) is 8.27. The molecule has 0 unspecified atom stereocenters. The molecule has 1 fully saturated rings. The van der Waals surface area contributed by atoms with Gasteiger partial charge in [0.15, 0.2) is 16.6 Å². The molecule has 0 amide bonds. The van der Waals surface area contributed by atoms with E-state index in [4.69, 9.17) is 26.4 Å². The van der Waals surface area contributed by atoms with Gasteiger partial charge in [-0.05, 0) is 37.3 Å². The SMILES string of the molecule is C/C(=N/NC(=S)NCCN1CCOCC1)c1ccc2c(c1)OCO2. The number of ether oxygens (including phenoxy) is 3. The highest BCUT2D eigenvalue weighted by atomic mass is 32.1. The Bertz CT molecular complexity index is 617. The molecule has 3 rings (SSSR count). The fourth-order valence-electron chi connectivity index (χ4n) is 2.51. The van der Waals surface area contributed by atoms with E-state index in [9.17, 15) is 0 Å². The highest BCUT2D eigenvalue weighted by molar-refractivity contribution is 7.80. The van der Waals surface area contributed by atoms with Crippen molar-refractivity contribution in [1.82, 2.24) is 15.6 Å². The first-order valence-corrected chi connectivity index (χ1v) is 8.41. The zero-order valence-electron chi connectivity index (χ0n) is 13.7. The van der Waals surface area contributed by atoms with Gasteiger partial charge in [-0.3, -0.25) is 10.3 Å². The first-order chi connectivity index (χ1) is 11.7. The van der Waals surface area contributed by atoms with E-state index in [0.717, 1.165) is 62.2 Å². The molecule has 0 aromatic heterocycles. The van der Waals surface area contributed by atoms with Gasteiger partial charge in [0.1, 0.15) is 0 Å². The summed E-state index contributed by atoms with van der Waals surface area (Å²) in [5.74, 6) is 1.51. The summed E-state index contributed by atoms with van der Waals surface area (Å²) in [6, 6.07) is 5.75. The van der Waals surface area contributed by atoms with E-state index in [1.54, 1.807) is 0 Å². The first kappa shape index (κ1) is 16.9. The third-order valence-corrected chi connectivity index (χ3v) is 4.17. The van der Waals surface area contributed by atoms with Gasteiger partial charge in [0.25, 0.3) is 0 Å². The van der Waals surface area contributed by atoms with E-state index in [0.29, 0.717) is 5.11 Å². The number of hydrogen-bond acceptors (Lipinski definition) is 6. The lowest BCUT2D eigenvalue weighted by Gasteiger charge is -2.26. The minimum absolute atomic E-state index is 0.268. The highest BCUT2D eigenvalue weighted by Crippen LogP contribution is 2.32. The van der Waals surface area contributed by atoms with Crippen LogP contribution in [0.25, 0.3) is 0 Å². The molecule has 2 aliphatic heterocycles. The number of morpholine rings is 1. The average molecular weight is 350 g/mol. The topological polar surface area (TPSA) is 67.4 Å². The highest BCUT2D eigenvalue weighted by Gasteiger charge is 2.14. The molecule has 2 N–H and O–H groups in total. The number of rotatable bonds is 5. The van der Waals surface area contributed by atoms with Gasteiger partial charge in [-0.15, -0.1) is 0 Å². The largest absolute Gasteiger partial charge is 0.454 e. The summed E-state index contributed by atoms with van der Waals surface area (Å²) in [6.45, 7) is 7.47. The van der Waals surface area contributed by atoms with Crippen LogP contribution in [0.15, 0.2) is 23.3 Å². The van der Waals surface area contributed by atoms with E-state index in [2.05, 4.69) is 20.7 Å². The summed E-state index contributed by atoms with van der Waals surface area (Å²) in [4.78, 5) is 2.35. The molecule has 2 heterocycles. The van der Waals surface area contributed by atoms with Crippen LogP contribution in [0.4, 0.5) is 0 Å². The Morgan fingerprint density at radius 3 is 2.88 bits per heavy atom. The summed E-state index contributed by atoms with van der Waals surface area (Å²) in [5, 5.41) is 8.00. The predicted molar refractivity (Wildman–Crippen MR) is 95.8 cm³/mol. The van der Waals surface area contributed by atoms with Gasteiger partial charge in [0, 0.05) is 31.7 Å². The Hall–Kier alpha value is -1.90. The molecule has 0 atom stereocenters. The third kappa shape index (κ3) is 4.56. The van der Waals surface area contributed by atoms with Gasteiger partial charge in [-0.1, -0.05) is 0 Å². The number of hydrogen-bond donors (Lipinski definition) is 2. The predicted octanol–water partition coefficient (Wildman–Crippen LogP) is 0.936. The fraction of sp³-hybridized carbons (Fsp3) is 0.500. The van der Waals surface area contributed by atoms with Gasteiger partial charge in [-0.2, -0.15) is 5.10 Å². The lowest BCUT2D eigenvalue weighted by atomic mass is 10.1. The molecule has 1 aromatic carbocycles. The number of thiocarbonyl (C=S) groups is 1. The molecular weight excluding hydrogens is 328 g/mol. The zero-order valence-corrected chi connectivity index (χ0v) is 14.5. The summed E-state index contributed by atoms with van der Waals surface area (Å²) >= 11 is 5.25. The van der Waals surface area contributed by atoms with Crippen LogP contribution in [0.5, 0.6) is 11.5 Å². The maximum Gasteiger partial charge on any atom is 0.231 e. The van der Waals surface area contributed by atoms with E-state index < -0.39 is 0 Å². The molecule has 0 saturated carbocycles. The van der Waals surface area contributed by atoms with Crippen molar-refractivity contribution in [2.24, 2.45) is 5.10 Å². The maximum absolute atomic E-state index is 5.38. The minimum atomic E-state index is 0.268. The minimum Gasteiger partial charge on any atom is -0.454 e. The lowest BCUT2D eigenvalue weighted by Crippen LogP contribution is -2.42. The van der Waals surface area contributed by atoms with Crippen LogP contribution in [-0.4, -0.2) is 61.9 Å². The fourth-order valence-corrected chi connectivity index (χ4v) is 2.66. The summed E-state index contributed by atoms with van der Waals surface area (Å²) < 4.78 is 16.0. The van der Waals surface area contributed by atoms with Crippen LogP contribution in [0.3, 0.4) is 0 Å². The Morgan fingerprint density at radius 1 is 1.25 bits per heavy atom. The van der Waals surface area contributed by atoms with E-state index in [1.807, 2.05) is 25.1 Å². The van der Waals surface area contributed by atoms with Gasteiger partial charge in [0.05, 0.1) is 18.9 Å². The van der Waals surface area contributed by atoms with Gasteiger partial charge in [-0.25, -0.2) is 0 Å². The van der Waals surface area contributed by atoms with E-state index in [1.165, 1.54) is 0 Å². The molecule has 2 aliphatic rings. The van der Waals surface area contributed by atoms with Crippen molar-refractivity contribution in [3.63, 3.8) is 0 Å². The first-order valence-electron chi connectivity index (χ1n) is 8.00. The number of benzene rings is 1. The van der Waals surface area contributed by atoms with Crippen molar-refractivity contribution < 1.29 is 14.2 Å². The third-order valence-electron chi connectivity index (χ3n) is 3.93. The quantitative estimate of drug-likeness (QED) is 0.465. The Labute approximate surface area is 146 Å². The van der Waals surface area contributed by atoms with Crippen LogP contribution in [0.1, 0.15) is 12.5 Å². The number of hydrazone groups is 1. The molecule has 130 valence electrons. The van der Waals surface area contributed by atoms with Crippen LogP contribution >= 0.6 is 12.2 Å². The Morgan fingerprint density at radius 2 is 2.04 bits per heavy atom. The number of nitrogens with zero attached hydrogens (tertiary/aromatic N) is 2. The molecule has 0 spiro atoms. The van der Waals surface area contributed by atoms with Gasteiger partial charge >= 0.3 is 0 Å². The second-order valence-corrected chi connectivity index (χ2v) is 6.00. The lowest BCUT2D eigenvalue weighted by molar-refractivity contribution is 0.0389. The number of fused-ring (bicyclic) bond motifs is 1. The van der Waals surface area contributed by atoms with Crippen molar-refractivity contribution in [3.8, 4) is 11.5 Å². The van der Waals surface area contributed by atoms with Crippen LogP contribution in [0.2, 0.25) is 0 Å². The van der Waals surface area contributed by atoms with Gasteiger partial charge in [0.2, 0.25) is 6.79 Å². The van der Waals surface area contributed by atoms with Gasteiger partial charge < -0.3 is 19.5 Å². The second-order valence-electron chi connectivity index (χ2n) is 5.59. The van der Waals surface area contributed by atoms with Crippen molar-refractivity contribution in [2.45, 2.75) is 6.92 Å². The number of nitrogens with one attached hydrogen (secondary N) is 2. The Kier molecular flexibility index (Phi) is 5.84. The monoisotopic (exact) mass is 350 g/mol. The molecule has 1 saturated heterocycles. The summed E-state index contributed by atoms with van der Waals surface area (Å²) in [6.07, 6.45) is 0.